The minimum absolute atomic E-state index is 0.0154. The standard InChI is InChI=1S/C21H15ClF3N3O4S2/c1-2-18(29)27-19-7-12-10-28(11-17(12)33-19)34(30,31)15-5-3-14(4-6-15)32-20-16(22)8-13(9-26-20)21(23,24)25/h2-9H,1,10-11H2,(H,27,29). The molecule has 0 fully saturated rings. The topological polar surface area (TPSA) is 88.6 Å². The molecular formula is C21H15ClF3N3O4S2. The number of thiophene rings is 1. The van der Waals surface area contributed by atoms with E-state index in [1.54, 1.807) is 6.07 Å². The van der Waals surface area contributed by atoms with Crippen molar-refractivity contribution >= 4 is 43.9 Å². The molecule has 2 aromatic heterocycles. The molecule has 4 rings (SSSR count). The Morgan fingerprint density at radius 2 is 1.94 bits per heavy atom. The van der Waals surface area contributed by atoms with Crippen molar-refractivity contribution in [3.8, 4) is 11.6 Å². The number of nitrogens with one attached hydrogen (secondary N) is 1. The summed E-state index contributed by atoms with van der Waals surface area (Å²) in [4.78, 5) is 15.9. The molecular weight excluding hydrogens is 515 g/mol. The van der Waals surface area contributed by atoms with Crippen LogP contribution >= 0.6 is 22.9 Å². The third-order valence-electron chi connectivity index (χ3n) is 4.81. The van der Waals surface area contributed by atoms with E-state index in [4.69, 9.17) is 16.3 Å². The van der Waals surface area contributed by atoms with Crippen molar-refractivity contribution in [2.24, 2.45) is 0 Å². The summed E-state index contributed by atoms with van der Waals surface area (Å²) < 4.78 is 71.0. The van der Waals surface area contributed by atoms with E-state index in [0.717, 1.165) is 16.5 Å². The van der Waals surface area contributed by atoms with Gasteiger partial charge in [0.05, 0.1) is 15.5 Å². The summed E-state index contributed by atoms with van der Waals surface area (Å²) in [6.07, 6.45) is -2.85. The molecule has 3 aromatic rings. The molecule has 0 radical (unpaired) electrons. The number of pyridine rings is 1. The van der Waals surface area contributed by atoms with Crippen molar-refractivity contribution in [3.63, 3.8) is 0 Å². The molecule has 3 heterocycles. The molecule has 34 heavy (non-hydrogen) atoms. The second-order valence-corrected chi connectivity index (χ2v) is 10.6. The Morgan fingerprint density at radius 3 is 2.53 bits per heavy atom. The third kappa shape index (κ3) is 4.94. The highest BCUT2D eigenvalue weighted by Crippen LogP contribution is 2.38. The van der Waals surface area contributed by atoms with Crippen LogP contribution in [0.3, 0.4) is 0 Å². The first kappa shape index (κ1) is 24.2. The quantitative estimate of drug-likeness (QED) is 0.430. The van der Waals surface area contributed by atoms with Crippen molar-refractivity contribution in [1.82, 2.24) is 9.29 Å². The summed E-state index contributed by atoms with van der Waals surface area (Å²) in [5.41, 5.74) is -0.212. The second kappa shape index (κ2) is 9.02. The number of anilines is 1. The molecule has 0 bridgehead atoms. The lowest BCUT2D eigenvalue weighted by atomic mass is 10.3. The first-order valence-corrected chi connectivity index (χ1v) is 12.2. The fourth-order valence-electron chi connectivity index (χ4n) is 3.14. The Morgan fingerprint density at radius 1 is 1.24 bits per heavy atom. The number of benzene rings is 1. The molecule has 1 N–H and O–H groups in total. The van der Waals surface area contributed by atoms with Gasteiger partial charge >= 0.3 is 6.18 Å². The van der Waals surface area contributed by atoms with Crippen LogP contribution in [0.15, 0.2) is 60.1 Å². The normalized spacial score (nSPS) is 14.0. The molecule has 1 amide bonds. The van der Waals surface area contributed by atoms with Crippen LogP contribution in [0.4, 0.5) is 18.2 Å². The molecule has 0 atom stereocenters. The van der Waals surface area contributed by atoms with Crippen LogP contribution in [0.25, 0.3) is 0 Å². The van der Waals surface area contributed by atoms with E-state index in [0.29, 0.717) is 17.3 Å². The van der Waals surface area contributed by atoms with E-state index in [1.165, 1.54) is 39.9 Å². The maximum absolute atomic E-state index is 13.0. The predicted octanol–water partition coefficient (Wildman–Crippen LogP) is 5.44. The van der Waals surface area contributed by atoms with Gasteiger partial charge in [-0.2, -0.15) is 17.5 Å². The number of carbonyl (C=O) groups is 1. The molecule has 7 nitrogen and oxygen atoms in total. The van der Waals surface area contributed by atoms with E-state index in [9.17, 15) is 26.4 Å². The summed E-state index contributed by atoms with van der Waals surface area (Å²) >= 11 is 7.13. The summed E-state index contributed by atoms with van der Waals surface area (Å²) in [5.74, 6) is -0.440. The zero-order valence-electron chi connectivity index (χ0n) is 17.1. The Kier molecular flexibility index (Phi) is 6.42. The molecule has 0 spiro atoms. The van der Waals surface area contributed by atoms with Crippen molar-refractivity contribution in [2.45, 2.75) is 24.2 Å². The number of amides is 1. The molecule has 1 aliphatic rings. The molecule has 178 valence electrons. The van der Waals surface area contributed by atoms with Crippen molar-refractivity contribution in [3.05, 3.63) is 76.3 Å². The Bertz CT molecular complexity index is 1350. The van der Waals surface area contributed by atoms with Gasteiger partial charge in [-0.1, -0.05) is 18.2 Å². The Labute approximate surface area is 201 Å². The highest BCUT2D eigenvalue weighted by Gasteiger charge is 2.33. The maximum atomic E-state index is 13.0. The van der Waals surface area contributed by atoms with Crippen LogP contribution < -0.4 is 10.1 Å². The minimum Gasteiger partial charge on any atom is -0.438 e. The van der Waals surface area contributed by atoms with E-state index < -0.39 is 21.8 Å². The number of alkyl halides is 3. The van der Waals surface area contributed by atoms with E-state index in [-0.39, 0.29) is 40.5 Å². The third-order valence-corrected chi connectivity index (χ3v) is 7.96. The number of nitrogens with zero attached hydrogens (tertiary/aromatic N) is 2. The number of hydrogen-bond acceptors (Lipinski definition) is 6. The van der Waals surface area contributed by atoms with Crippen LogP contribution in [-0.4, -0.2) is 23.6 Å². The van der Waals surface area contributed by atoms with Gasteiger partial charge in [-0.25, -0.2) is 13.4 Å². The largest absolute Gasteiger partial charge is 0.438 e. The molecule has 0 aliphatic carbocycles. The Balaban J connectivity index is 1.45. The van der Waals surface area contributed by atoms with Gasteiger partial charge in [-0.05, 0) is 48.0 Å². The van der Waals surface area contributed by atoms with Gasteiger partial charge < -0.3 is 10.1 Å². The lowest BCUT2D eigenvalue weighted by molar-refractivity contribution is -0.137. The predicted molar refractivity (Wildman–Crippen MR) is 120 cm³/mol. The minimum atomic E-state index is -4.59. The van der Waals surface area contributed by atoms with Gasteiger partial charge in [0.15, 0.2) is 0 Å². The zero-order valence-corrected chi connectivity index (χ0v) is 19.5. The number of aromatic nitrogens is 1. The number of rotatable bonds is 6. The highest BCUT2D eigenvalue weighted by atomic mass is 35.5. The lowest BCUT2D eigenvalue weighted by Crippen LogP contribution is -2.25. The smallest absolute Gasteiger partial charge is 0.417 e. The van der Waals surface area contributed by atoms with Gasteiger partial charge in [0.25, 0.3) is 0 Å². The lowest BCUT2D eigenvalue weighted by Gasteiger charge is -2.16. The highest BCUT2D eigenvalue weighted by molar-refractivity contribution is 7.89. The molecule has 1 aliphatic heterocycles. The SMILES string of the molecule is C=CC(=O)Nc1cc2c(s1)CN(S(=O)(=O)c1ccc(Oc3ncc(C(F)(F)F)cc3Cl)cc1)C2. The van der Waals surface area contributed by atoms with Crippen molar-refractivity contribution < 1.29 is 31.1 Å². The van der Waals surface area contributed by atoms with Crippen LogP contribution in [0, 0.1) is 0 Å². The average Bonchev–Trinajstić information content (AvgIpc) is 3.34. The summed E-state index contributed by atoms with van der Waals surface area (Å²) in [6.45, 7) is 3.71. The number of ether oxygens (including phenoxy) is 1. The van der Waals surface area contributed by atoms with Crippen molar-refractivity contribution in [2.75, 3.05) is 5.32 Å². The van der Waals surface area contributed by atoms with Gasteiger partial charge in [0.1, 0.15) is 10.8 Å². The molecule has 0 saturated carbocycles. The van der Waals surface area contributed by atoms with Gasteiger partial charge in [-0.15, -0.1) is 11.3 Å². The maximum Gasteiger partial charge on any atom is 0.417 e. The van der Waals surface area contributed by atoms with Crippen LogP contribution in [0.2, 0.25) is 5.02 Å². The van der Waals surface area contributed by atoms with E-state index in [1.807, 2.05) is 0 Å². The first-order chi connectivity index (χ1) is 16.0. The van der Waals surface area contributed by atoms with E-state index in [2.05, 4.69) is 16.9 Å². The fraction of sp³-hybridized carbons (Fsp3) is 0.143. The average molecular weight is 530 g/mol. The number of fused-ring (bicyclic) bond motifs is 1. The molecule has 0 unspecified atom stereocenters. The van der Waals surface area contributed by atoms with Gasteiger partial charge in [-0.3, -0.25) is 4.79 Å². The summed E-state index contributed by atoms with van der Waals surface area (Å²) in [6, 6.07) is 7.79. The van der Waals surface area contributed by atoms with Crippen LogP contribution in [0.1, 0.15) is 16.0 Å². The fourth-order valence-corrected chi connectivity index (χ4v) is 5.91. The summed E-state index contributed by atoms with van der Waals surface area (Å²) in [5, 5.41) is 2.94. The number of sulfonamides is 1. The number of carbonyl (C=O) groups excluding carboxylic acids is 1. The number of halogens is 4. The van der Waals surface area contributed by atoms with E-state index >= 15 is 0 Å². The number of hydrogen-bond donors (Lipinski definition) is 1. The van der Waals surface area contributed by atoms with Gasteiger partial charge in [0, 0.05) is 24.2 Å². The summed E-state index contributed by atoms with van der Waals surface area (Å²) in [7, 11) is -3.82. The zero-order chi connectivity index (χ0) is 24.7. The Hall–Kier alpha value is -2.93. The van der Waals surface area contributed by atoms with Gasteiger partial charge in [0.2, 0.25) is 21.8 Å². The van der Waals surface area contributed by atoms with Crippen LogP contribution in [-0.2, 0) is 34.1 Å². The first-order valence-electron chi connectivity index (χ1n) is 9.53. The monoisotopic (exact) mass is 529 g/mol. The molecule has 0 saturated heterocycles. The van der Waals surface area contributed by atoms with Crippen LogP contribution in [0.5, 0.6) is 11.6 Å². The second-order valence-electron chi connectivity index (χ2n) is 7.11. The molecule has 1 aromatic carbocycles. The van der Waals surface area contributed by atoms with Crippen molar-refractivity contribution in [1.29, 1.82) is 0 Å². The molecule has 13 heteroatoms.